The number of amides is 1. The van der Waals surface area contributed by atoms with E-state index in [0.29, 0.717) is 36.0 Å². The van der Waals surface area contributed by atoms with Crippen molar-refractivity contribution in [1.29, 1.82) is 5.26 Å². The van der Waals surface area contributed by atoms with Gasteiger partial charge in [-0.15, -0.1) is 0 Å². The number of aromatic nitrogens is 4. The number of aryl methyl sites for hydroxylation is 1. The van der Waals surface area contributed by atoms with Gasteiger partial charge < -0.3 is 10.1 Å². The summed E-state index contributed by atoms with van der Waals surface area (Å²) in [7, 11) is 0. The monoisotopic (exact) mass is 428 g/mol. The highest BCUT2D eigenvalue weighted by Crippen LogP contribution is 2.26. The standard InChI is InChI=1S/C20H18ClFN6O2/c1-12(24-20(29)18-9-19-28(26-18)4-2-6-30-19)11-27-5-3-17(25-27)13-7-15(21)14(10-23)16(22)8-13/h3,5,7-9,12H,2,4,6,11H2,1H3,(H,24,29)/t12-/m0/s1. The van der Waals surface area contributed by atoms with Crippen LogP contribution in [0.25, 0.3) is 11.3 Å². The molecule has 154 valence electrons. The Hall–Kier alpha value is -3.38. The van der Waals surface area contributed by atoms with Gasteiger partial charge in [-0.3, -0.25) is 9.48 Å². The Morgan fingerprint density at radius 2 is 2.27 bits per heavy atom. The largest absolute Gasteiger partial charge is 0.478 e. The number of nitriles is 1. The molecule has 1 aliphatic rings. The van der Waals surface area contributed by atoms with Crippen LogP contribution in [0.15, 0.2) is 30.5 Å². The number of halogens is 2. The summed E-state index contributed by atoms with van der Waals surface area (Å²) in [5, 5.41) is 20.5. The number of fused-ring (bicyclic) bond motifs is 1. The Kier molecular flexibility index (Phi) is 5.42. The fourth-order valence-electron chi connectivity index (χ4n) is 3.25. The first-order chi connectivity index (χ1) is 14.4. The van der Waals surface area contributed by atoms with Crippen LogP contribution in [0.1, 0.15) is 29.4 Å². The molecule has 0 radical (unpaired) electrons. The molecule has 4 rings (SSSR count). The van der Waals surface area contributed by atoms with Gasteiger partial charge in [0.2, 0.25) is 5.88 Å². The minimum Gasteiger partial charge on any atom is -0.478 e. The number of ether oxygens (including phenoxy) is 1. The van der Waals surface area contributed by atoms with Crippen LogP contribution in [-0.4, -0.2) is 38.1 Å². The SMILES string of the molecule is C[C@@H](Cn1ccc(-c2cc(F)c(C#N)c(Cl)c2)n1)NC(=O)c1cc2n(n1)CCCO2. The second-order valence-corrected chi connectivity index (χ2v) is 7.42. The summed E-state index contributed by atoms with van der Waals surface area (Å²) in [6.07, 6.45) is 2.59. The van der Waals surface area contributed by atoms with Crippen molar-refractivity contribution in [3.8, 4) is 23.2 Å². The van der Waals surface area contributed by atoms with Gasteiger partial charge >= 0.3 is 0 Å². The zero-order valence-corrected chi connectivity index (χ0v) is 16.9. The van der Waals surface area contributed by atoms with E-state index < -0.39 is 5.82 Å². The average molecular weight is 429 g/mol. The van der Waals surface area contributed by atoms with Crippen LogP contribution in [0.5, 0.6) is 5.88 Å². The zero-order chi connectivity index (χ0) is 21.3. The van der Waals surface area contributed by atoms with E-state index in [1.54, 1.807) is 33.8 Å². The highest BCUT2D eigenvalue weighted by molar-refractivity contribution is 6.32. The number of rotatable bonds is 5. The van der Waals surface area contributed by atoms with Gasteiger partial charge in [0.05, 0.1) is 23.9 Å². The predicted octanol–water partition coefficient (Wildman–Crippen LogP) is 3.01. The minimum absolute atomic E-state index is 0.0365. The van der Waals surface area contributed by atoms with E-state index in [0.717, 1.165) is 13.0 Å². The number of carbonyl (C=O) groups excluding carboxylic acids is 1. The zero-order valence-electron chi connectivity index (χ0n) is 16.1. The molecule has 0 aliphatic carbocycles. The van der Waals surface area contributed by atoms with Crippen molar-refractivity contribution < 1.29 is 13.9 Å². The molecule has 1 aliphatic heterocycles. The van der Waals surface area contributed by atoms with Crippen molar-refractivity contribution in [3.05, 3.63) is 52.6 Å². The molecule has 0 bridgehead atoms. The summed E-state index contributed by atoms with van der Waals surface area (Å²) >= 11 is 5.97. The molecule has 10 heteroatoms. The number of nitrogens with zero attached hydrogens (tertiary/aromatic N) is 5. The molecular formula is C20H18ClFN6O2. The van der Waals surface area contributed by atoms with E-state index in [2.05, 4.69) is 15.5 Å². The van der Waals surface area contributed by atoms with Crippen molar-refractivity contribution in [2.45, 2.75) is 32.5 Å². The van der Waals surface area contributed by atoms with Crippen LogP contribution in [0.2, 0.25) is 5.02 Å². The van der Waals surface area contributed by atoms with Crippen molar-refractivity contribution >= 4 is 17.5 Å². The molecule has 1 atom stereocenters. The van der Waals surface area contributed by atoms with Gasteiger partial charge in [0.25, 0.3) is 5.91 Å². The fourth-order valence-corrected chi connectivity index (χ4v) is 3.50. The summed E-state index contributed by atoms with van der Waals surface area (Å²) in [5.74, 6) is -0.382. The van der Waals surface area contributed by atoms with Gasteiger partial charge in [-0.2, -0.15) is 15.5 Å². The van der Waals surface area contributed by atoms with Gasteiger partial charge in [0.1, 0.15) is 17.4 Å². The third-order valence-electron chi connectivity index (χ3n) is 4.67. The third kappa shape index (κ3) is 4.00. The first kappa shape index (κ1) is 19.9. The van der Waals surface area contributed by atoms with E-state index in [4.69, 9.17) is 21.6 Å². The van der Waals surface area contributed by atoms with Crippen LogP contribution in [0.3, 0.4) is 0 Å². The van der Waals surface area contributed by atoms with Gasteiger partial charge in [0, 0.05) is 36.8 Å². The van der Waals surface area contributed by atoms with Crippen molar-refractivity contribution in [3.63, 3.8) is 0 Å². The molecule has 1 N–H and O–H groups in total. The van der Waals surface area contributed by atoms with E-state index >= 15 is 0 Å². The number of benzene rings is 1. The lowest BCUT2D eigenvalue weighted by atomic mass is 10.1. The van der Waals surface area contributed by atoms with Gasteiger partial charge in [-0.05, 0) is 25.1 Å². The summed E-state index contributed by atoms with van der Waals surface area (Å²) in [6.45, 7) is 3.61. The maximum absolute atomic E-state index is 14.0. The van der Waals surface area contributed by atoms with Crippen LogP contribution >= 0.6 is 11.6 Å². The van der Waals surface area contributed by atoms with Crippen LogP contribution in [0.4, 0.5) is 4.39 Å². The first-order valence-electron chi connectivity index (χ1n) is 9.39. The summed E-state index contributed by atoms with van der Waals surface area (Å²) in [4.78, 5) is 12.5. The number of nitrogens with one attached hydrogen (secondary N) is 1. The highest BCUT2D eigenvalue weighted by atomic mass is 35.5. The van der Waals surface area contributed by atoms with E-state index in [1.165, 1.54) is 12.1 Å². The van der Waals surface area contributed by atoms with Gasteiger partial charge in [0.15, 0.2) is 5.69 Å². The molecule has 3 heterocycles. The minimum atomic E-state index is -0.693. The Balaban J connectivity index is 1.42. The van der Waals surface area contributed by atoms with Crippen LogP contribution in [-0.2, 0) is 13.1 Å². The second kappa shape index (κ2) is 8.16. The molecule has 30 heavy (non-hydrogen) atoms. The lowest BCUT2D eigenvalue weighted by Crippen LogP contribution is -2.36. The normalized spacial score (nSPS) is 13.8. The first-order valence-corrected chi connectivity index (χ1v) is 9.77. The molecule has 0 unspecified atom stereocenters. The number of carbonyl (C=O) groups is 1. The maximum atomic E-state index is 14.0. The Bertz CT molecular complexity index is 1100. The Morgan fingerprint density at radius 3 is 3.00 bits per heavy atom. The van der Waals surface area contributed by atoms with Crippen LogP contribution in [0, 0.1) is 17.1 Å². The molecule has 8 nitrogen and oxygen atoms in total. The van der Waals surface area contributed by atoms with Crippen molar-refractivity contribution in [2.75, 3.05) is 6.61 Å². The van der Waals surface area contributed by atoms with Crippen molar-refractivity contribution in [2.24, 2.45) is 0 Å². The lowest BCUT2D eigenvalue weighted by Gasteiger charge is -2.13. The summed E-state index contributed by atoms with van der Waals surface area (Å²) in [6, 6.07) is 7.58. The third-order valence-corrected chi connectivity index (χ3v) is 4.97. The fraction of sp³-hybridized carbons (Fsp3) is 0.300. The molecule has 0 spiro atoms. The Labute approximate surface area is 176 Å². The average Bonchev–Trinajstić information content (AvgIpc) is 3.34. The molecule has 0 fully saturated rings. The lowest BCUT2D eigenvalue weighted by molar-refractivity contribution is 0.0930. The smallest absolute Gasteiger partial charge is 0.272 e. The molecule has 3 aromatic rings. The number of hydrogen-bond acceptors (Lipinski definition) is 5. The molecular weight excluding hydrogens is 411 g/mol. The molecule has 1 amide bonds. The second-order valence-electron chi connectivity index (χ2n) is 7.02. The van der Waals surface area contributed by atoms with E-state index in [9.17, 15) is 9.18 Å². The maximum Gasteiger partial charge on any atom is 0.272 e. The summed E-state index contributed by atoms with van der Waals surface area (Å²) in [5.41, 5.74) is 1.10. The predicted molar refractivity (Wildman–Crippen MR) is 107 cm³/mol. The Morgan fingerprint density at radius 1 is 1.43 bits per heavy atom. The number of hydrogen-bond donors (Lipinski definition) is 1. The highest BCUT2D eigenvalue weighted by Gasteiger charge is 2.19. The molecule has 0 saturated carbocycles. The van der Waals surface area contributed by atoms with Gasteiger partial charge in [-0.1, -0.05) is 11.6 Å². The van der Waals surface area contributed by atoms with E-state index in [-0.39, 0.29) is 22.5 Å². The van der Waals surface area contributed by atoms with Crippen LogP contribution < -0.4 is 10.1 Å². The van der Waals surface area contributed by atoms with Crippen molar-refractivity contribution in [1.82, 2.24) is 24.9 Å². The molecule has 2 aromatic heterocycles. The molecule has 1 aromatic carbocycles. The molecule has 0 saturated heterocycles. The van der Waals surface area contributed by atoms with E-state index in [1.807, 2.05) is 6.92 Å². The van der Waals surface area contributed by atoms with Gasteiger partial charge in [-0.25, -0.2) is 9.07 Å². The summed E-state index contributed by atoms with van der Waals surface area (Å²) < 4.78 is 22.8. The quantitative estimate of drug-likeness (QED) is 0.673. The topological polar surface area (TPSA) is 97.8 Å².